The van der Waals surface area contributed by atoms with Gasteiger partial charge in [-0.05, 0) is 23.8 Å². The van der Waals surface area contributed by atoms with Gasteiger partial charge in [0.05, 0.1) is 10.4 Å². The highest BCUT2D eigenvalue weighted by molar-refractivity contribution is 8.00. The van der Waals surface area contributed by atoms with Gasteiger partial charge in [-0.15, -0.1) is 0 Å². The normalized spacial score (nSPS) is 11.8. The minimum Gasteiger partial charge on any atom is -0.325 e. The Morgan fingerprint density at radius 2 is 1.77 bits per heavy atom. The molecular weight excluding hydrogens is 436 g/mol. The number of hydrogen-bond donors (Lipinski definition) is 1. The highest BCUT2D eigenvalue weighted by Gasteiger charge is 2.25. The minimum atomic E-state index is -0.644. The van der Waals surface area contributed by atoms with E-state index in [1.165, 1.54) is 36.3 Å². The van der Waals surface area contributed by atoms with E-state index < -0.39 is 10.2 Å². The molecule has 0 aliphatic carbocycles. The van der Waals surface area contributed by atoms with Crippen LogP contribution in [0.4, 0.5) is 11.4 Å². The third-order valence-electron chi connectivity index (χ3n) is 4.49. The zero-order valence-corrected chi connectivity index (χ0v) is 17.5. The van der Waals surface area contributed by atoms with Gasteiger partial charge in [0.2, 0.25) is 5.91 Å². The number of nitro groups is 1. The van der Waals surface area contributed by atoms with E-state index >= 15 is 0 Å². The molecule has 4 rings (SSSR count). The average Bonchev–Trinajstić information content (AvgIpc) is 2.79. The molecule has 9 heteroatoms. The Labute approximate surface area is 186 Å². The van der Waals surface area contributed by atoms with Crippen molar-refractivity contribution in [3.8, 4) is 0 Å². The summed E-state index contributed by atoms with van der Waals surface area (Å²) < 4.78 is 0. The van der Waals surface area contributed by atoms with Crippen molar-refractivity contribution in [2.75, 3.05) is 5.32 Å². The van der Waals surface area contributed by atoms with Crippen LogP contribution >= 0.6 is 23.4 Å². The van der Waals surface area contributed by atoms with Crippen LogP contribution in [0.1, 0.15) is 10.8 Å². The Hall–Kier alpha value is -3.49. The number of hydrogen-bond acceptors (Lipinski definition) is 6. The second-order valence-corrected chi connectivity index (χ2v) is 8.02. The van der Waals surface area contributed by atoms with Crippen molar-refractivity contribution in [2.45, 2.75) is 10.3 Å². The Bertz CT molecular complexity index is 1260. The summed E-state index contributed by atoms with van der Waals surface area (Å²) in [5.41, 5.74) is 1.57. The fourth-order valence-corrected chi connectivity index (χ4v) is 4.30. The smallest absolute Gasteiger partial charge is 0.289 e. The molecule has 1 atom stereocenters. The van der Waals surface area contributed by atoms with Gasteiger partial charge in [-0.3, -0.25) is 14.9 Å². The van der Waals surface area contributed by atoms with Crippen LogP contribution in [0.2, 0.25) is 5.02 Å². The number of para-hydroxylation sites is 1. The number of thioether (sulfide) groups is 1. The summed E-state index contributed by atoms with van der Waals surface area (Å²) in [4.78, 5) is 32.5. The van der Waals surface area contributed by atoms with Crippen molar-refractivity contribution in [3.05, 3.63) is 99.8 Å². The summed E-state index contributed by atoms with van der Waals surface area (Å²) in [6.45, 7) is 0. The second kappa shape index (κ2) is 9.11. The molecule has 1 heterocycles. The lowest BCUT2D eigenvalue weighted by Gasteiger charge is -2.17. The number of nitro benzene ring substituents is 1. The summed E-state index contributed by atoms with van der Waals surface area (Å²) >= 11 is 7.17. The van der Waals surface area contributed by atoms with Gasteiger partial charge < -0.3 is 5.32 Å². The molecular formula is C22H15ClN4O3S. The fraction of sp³-hybridized carbons (Fsp3) is 0.0455. The molecule has 0 spiro atoms. The molecule has 0 aliphatic heterocycles. The van der Waals surface area contributed by atoms with Crippen LogP contribution in [0.25, 0.3) is 10.9 Å². The number of fused-ring (bicyclic) bond motifs is 1. The Balaban J connectivity index is 1.68. The molecule has 1 amide bonds. The molecule has 154 valence electrons. The molecule has 0 saturated carbocycles. The first-order valence-corrected chi connectivity index (χ1v) is 10.4. The van der Waals surface area contributed by atoms with Crippen LogP contribution in [0, 0.1) is 10.1 Å². The van der Waals surface area contributed by atoms with Crippen LogP contribution in [0.3, 0.4) is 0 Å². The topological polar surface area (TPSA) is 98.0 Å². The number of amides is 1. The number of halogens is 1. The van der Waals surface area contributed by atoms with Gasteiger partial charge in [0, 0.05) is 17.1 Å². The summed E-state index contributed by atoms with van der Waals surface area (Å²) in [6.07, 6.45) is 1.47. The van der Waals surface area contributed by atoms with E-state index in [9.17, 15) is 14.9 Å². The number of nitrogens with zero attached hydrogens (tertiary/aromatic N) is 3. The largest absolute Gasteiger partial charge is 0.325 e. The quantitative estimate of drug-likeness (QED) is 0.176. The summed E-state index contributed by atoms with van der Waals surface area (Å²) in [7, 11) is 0. The molecule has 0 aliphatic rings. The van der Waals surface area contributed by atoms with Crippen molar-refractivity contribution in [3.63, 3.8) is 0 Å². The Kier molecular flexibility index (Phi) is 6.11. The van der Waals surface area contributed by atoms with E-state index in [-0.39, 0.29) is 22.3 Å². The maximum absolute atomic E-state index is 13.2. The standard InChI is InChI=1S/C22H15ClN4O3S/c23-17-11-10-15(12-19(17)27(29)30)26-21(28)20(14-6-2-1-3-7-14)31-22-16-8-4-5-9-18(16)24-13-25-22/h1-13,20H,(H,26,28)/t20-/m1/s1. The van der Waals surface area contributed by atoms with Crippen molar-refractivity contribution < 1.29 is 9.72 Å². The van der Waals surface area contributed by atoms with E-state index in [4.69, 9.17) is 11.6 Å². The van der Waals surface area contributed by atoms with Crippen molar-refractivity contribution >= 4 is 51.5 Å². The predicted octanol–water partition coefficient (Wildman–Crippen LogP) is 5.66. The highest BCUT2D eigenvalue weighted by atomic mass is 35.5. The average molecular weight is 451 g/mol. The third kappa shape index (κ3) is 4.65. The van der Waals surface area contributed by atoms with Gasteiger partial charge in [0.1, 0.15) is 21.6 Å². The fourth-order valence-electron chi connectivity index (χ4n) is 3.02. The predicted molar refractivity (Wildman–Crippen MR) is 121 cm³/mol. The van der Waals surface area contributed by atoms with Crippen molar-refractivity contribution in [2.24, 2.45) is 0 Å². The lowest BCUT2D eigenvalue weighted by molar-refractivity contribution is -0.384. The maximum atomic E-state index is 13.2. The molecule has 1 aromatic heterocycles. The first-order chi connectivity index (χ1) is 15.0. The second-order valence-electron chi connectivity index (χ2n) is 6.52. The summed E-state index contributed by atoms with van der Waals surface area (Å²) in [5, 5.41) is 14.8. The van der Waals surface area contributed by atoms with Gasteiger partial charge in [-0.2, -0.15) is 0 Å². The molecule has 4 aromatic rings. The van der Waals surface area contributed by atoms with Crippen molar-refractivity contribution in [1.82, 2.24) is 9.97 Å². The minimum absolute atomic E-state index is 0.00411. The van der Waals surface area contributed by atoms with E-state index in [1.54, 1.807) is 0 Å². The lowest BCUT2D eigenvalue weighted by atomic mass is 10.1. The number of nitrogens with one attached hydrogen (secondary N) is 1. The number of benzene rings is 3. The van der Waals surface area contributed by atoms with Crippen molar-refractivity contribution in [1.29, 1.82) is 0 Å². The van der Waals surface area contributed by atoms with Crippen LogP contribution in [-0.4, -0.2) is 20.8 Å². The monoisotopic (exact) mass is 450 g/mol. The first-order valence-electron chi connectivity index (χ1n) is 9.19. The highest BCUT2D eigenvalue weighted by Crippen LogP contribution is 2.38. The summed E-state index contributed by atoms with van der Waals surface area (Å²) in [5.74, 6) is -0.337. The Morgan fingerprint density at radius 3 is 2.55 bits per heavy atom. The van der Waals surface area contributed by atoms with Crippen LogP contribution < -0.4 is 5.32 Å². The molecule has 7 nitrogen and oxygen atoms in total. The molecule has 0 saturated heterocycles. The molecule has 1 N–H and O–H groups in total. The molecule has 31 heavy (non-hydrogen) atoms. The molecule has 0 fully saturated rings. The number of carbonyl (C=O) groups excluding carboxylic acids is 1. The Morgan fingerprint density at radius 1 is 1.03 bits per heavy atom. The zero-order chi connectivity index (χ0) is 21.8. The van der Waals surface area contributed by atoms with Gasteiger partial charge in [-0.25, -0.2) is 9.97 Å². The van der Waals surface area contributed by atoms with Gasteiger partial charge in [0.25, 0.3) is 5.69 Å². The van der Waals surface area contributed by atoms with Gasteiger partial charge >= 0.3 is 0 Å². The molecule has 0 radical (unpaired) electrons. The first kappa shape index (κ1) is 20.8. The van der Waals surface area contributed by atoms with Crippen LogP contribution in [0.15, 0.2) is 84.1 Å². The van der Waals surface area contributed by atoms with Gasteiger partial charge in [0.15, 0.2) is 0 Å². The van der Waals surface area contributed by atoms with E-state index in [1.807, 2.05) is 54.6 Å². The van der Waals surface area contributed by atoms with E-state index in [0.29, 0.717) is 5.03 Å². The number of aromatic nitrogens is 2. The SMILES string of the molecule is O=C(Nc1ccc(Cl)c([N+](=O)[O-])c1)[C@H](Sc1ncnc2ccccc12)c1ccccc1. The molecule has 0 unspecified atom stereocenters. The number of rotatable bonds is 6. The third-order valence-corrected chi connectivity index (χ3v) is 6.08. The molecule has 3 aromatic carbocycles. The maximum Gasteiger partial charge on any atom is 0.289 e. The van der Waals surface area contributed by atoms with E-state index in [0.717, 1.165) is 16.5 Å². The van der Waals surface area contributed by atoms with Crippen LogP contribution in [0.5, 0.6) is 0 Å². The zero-order valence-electron chi connectivity index (χ0n) is 15.9. The van der Waals surface area contributed by atoms with Gasteiger partial charge in [-0.1, -0.05) is 71.9 Å². The number of carbonyl (C=O) groups is 1. The lowest BCUT2D eigenvalue weighted by Crippen LogP contribution is -2.19. The summed E-state index contributed by atoms with van der Waals surface area (Å²) in [6, 6.07) is 21.0. The molecule has 0 bridgehead atoms. The van der Waals surface area contributed by atoms with Crippen LogP contribution in [-0.2, 0) is 4.79 Å². The number of anilines is 1. The van der Waals surface area contributed by atoms with E-state index in [2.05, 4.69) is 15.3 Å².